The molecule has 3 N–H and O–H groups in total. The summed E-state index contributed by atoms with van der Waals surface area (Å²) in [5.74, 6) is 0.356. The summed E-state index contributed by atoms with van der Waals surface area (Å²) in [5, 5.41) is 5.14. The lowest BCUT2D eigenvalue weighted by Gasteiger charge is -2.26. The maximum Gasteiger partial charge on any atom is 0.223 e. The van der Waals surface area contributed by atoms with Gasteiger partial charge >= 0.3 is 0 Å². The Labute approximate surface area is 106 Å². The average molecular weight is 252 g/mol. The Morgan fingerprint density at radius 2 is 2.18 bits per heavy atom. The van der Waals surface area contributed by atoms with E-state index >= 15 is 0 Å². The average Bonchev–Trinajstić information content (AvgIpc) is 2.83. The number of carbonyl (C=O) groups excluding carboxylic acids is 1. The van der Waals surface area contributed by atoms with Crippen molar-refractivity contribution in [3.8, 4) is 0 Å². The summed E-state index contributed by atoms with van der Waals surface area (Å²) in [7, 11) is 0. The van der Waals surface area contributed by atoms with Crippen molar-refractivity contribution in [1.29, 1.82) is 0 Å². The number of carbonyl (C=O) groups is 1. The molecular formula is C13H20N2OS. The molecule has 1 atom stereocenters. The van der Waals surface area contributed by atoms with Gasteiger partial charge < -0.3 is 11.1 Å². The number of hydrogen-bond acceptors (Lipinski definition) is 3. The molecule has 3 nitrogen and oxygen atoms in total. The summed E-state index contributed by atoms with van der Waals surface area (Å²) in [6.07, 6.45) is 3.82. The molecule has 0 saturated heterocycles. The second-order valence-electron chi connectivity index (χ2n) is 4.86. The quantitative estimate of drug-likeness (QED) is 0.868. The van der Waals surface area contributed by atoms with E-state index in [1.54, 1.807) is 11.3 Å². The smallest absolute Gasteiger partial charge is 0.223 e. The van der Waals surface area contributed by atoms with Crippen molar-refractivity contribution in [2.24, 2.45) is 11.7 Å². The fourth-order valence-corrected chi connectivity index (χ4v) is 3.06. The normalized spacial score (nSPS) is 26.5. The van der Waals surface area contributed by atoms with Crippen LogP contribution in [0.2, 0.25) is 0 Å². The van der Waals surface area contributed by atoms with Crippen LogP contribution in [0.5, 0.6) is 0 Å². The highest BCUT2D eigenvalue weighted by molar-refractivity contribution is 7.10. The molecule has 1 aliphatic rings. The van der Waals surface area contributed by atoms with Crippen LogP contribution in [0.1, 0.15) is 43.5 Å². The van der Waals surface area contributed by atoms with E-state index in [0.717, 1.165) is 25.7 Å². The third-order valence-corrected chi connectivity index (χ3v) is 4.53. The van der Waals surface area contributed by atoms with Crippen molar-refractivity contribution < 1.29 is 4.79 Å². The molecule has 1 aliphatic carbocycles. The lowest BCUT2D eigenvalue weighted by atomic mass is 9.86. The van der Waals surface area contributed by atoms with Crippen LogP contribution in [-0.4, -0.2) is 11.9 Å². The van der Waals surface area contributed by atoms with Crippen LogP contribution in [0.4, 0.5) is 0 Å². The minimum atomic E-state index is 0.123. The van der Waals surface area contributed by atoms with E-state index in [-0.39, 0.29) is 17.9 Å². The van der Waals surface area contributed by atoms with Crippen molar-refractivity contribution >= 4 is 17.2 Å². The number of hydrogen-bond donors (Lipinski definition) is 2. The van der Waals surface area contributed by atoms with Gasteiger partial charge in [0, 0.05) is 16.8 Å². The summed E-state index contributed by atoms with van der Waals surface area (Å²) in [6.45, 7) is 2.04. The summed E-state index contributed by atoms with van der Waals surface area (Å²) in [4.78, 5) is 13.3. The van der Waals surface area contributed by atoms with E-state index in [1.165, 1.54) is 4.88 Å². The van der Waals surface area contributed by atoms with Crippen LogP contribution in [0, 0.1) is 5.92 Å². The van der Waals surface area contributed by atoms with E-state index in [9.17, 15) is 4.79 Å². The second-order valence-corrected chi connectivity index (χ2v) is 5.84. The van der Waals surface area contributed by atoms with Crippen LogP contribution in [0.25, 0.3) is 0 Å². The molecule has 0 bridgehead atoms. The molecule has 0 unspecified atom stereocenters. The van der Waals surface area contributed by atoms with Gasteiger partial charge in [-0.05, 0) is 44.1 Å². The van der Waals surface area contributed by atoms with Crippen LogP contribution < -0.4 is 11.1 Å². The summed E-state index contributed by atoms with van der Waals surface area (Å²) in [5.41, 5.74) is 5.85. The van der Waals surface area contributed by atoms with Gasteiger partial charge in [0.25, 0.3) is 0 Å². The highest BCUT2D eigenvalue weighted by atomic mass is 32.1. The largest absolute Gasteiger partial charge is 0.349 e. The number of thiophene rings is 1. The molecule has 1 aromatic rings. The number of nitrogens with two attached hydrogens (primary N) is 1. The van der Waals surface area contributed by atoms with E-state index in [0.29, 0.717) is 6.04 Å². The van der Waals surface area contributed by atoms with Crippen LogP contribution in [0.15, 0.2) is 17.5 Å². The van der Waals surface area contributed by atoms with Gasteiger partial charge in [-0.2, -0.15) is 0 Å². The van der Waals surface area contributed by atoms with E-state index in [2.05, 4.69) is 11.4 Å². The van der Waals surface area contributed by atoms with Crippen LogP contribution in [-0.2, 0) is 4.79 Å². The molecule has 0 aromatic carbocycles. The van der Waals surface area contributed by atoms with E-state index < -0.39 is 0 Å². The Morgan fingerprint density at radius 1 is 1.47 bits per heavy atom. The molecular weight excluding hydrogens is 232 g/mol. The maximum absolute atomic E-state index is 12.1. The first-order valence-corrected chi connectivity index (χ1v) is 7.14. The minimum absolute atomic E-state index is 0.123. The highest BCUT2D eigenvalue weighted by Crippen LogP contribution is 2.25. The van der Waals surface area contributed by atoms with E-state index in [1.807, 2.05) is 18.4 Å². The molecule has 94 valence electrons. The topological polar surface area (TPSA) is 55.1 Å². The summed E-state index contributed by atoms with van der Waals surface area (Å²) < 4.78 is 0. The van der Waals surface area contributed by atoms with Crippen LogP contribution >= 0.6 is 11.3 Å². The van der Waals surface area contributed by atoms with Crippen LogP contribution in [0.3, 0.4) is 0 Å². The number of nitrogens with one attached hydrogen (secondary N) is 1. The molecule has 0 aliphatic heterocycles. The van der Waals surface area contributed by atoms with Gasteiger partial charge in [-0.3, -0.25) is 4.79 Å². The van der Waals surface area contributed by atoms with Gasteiger partial charge in [-0.15, -0.1) is 11.3 Å². The Bertz CT molecular complexity index is 356. The molecule has 0 radical (unpaired) electrons. The molecule has 1 amide bonds. The zero-order chi connectivity index (χ0) is 12.3. The van der Waals surface area contributed by atoms with Crippen molar-refractivity contribution in [1.82, 2.24) is 5.32 Å². The first-order chi connectivity index (χ1) is 8.16. The Morgan fingerprint density at radius 3 is 2.76 bits per heavy atom. The predicted molar refractivity (Wildman–Crippen MR) is 70.8 cm³/mol. The monoisotopic (exact) mass is 252 g/mol. The van der Waals surface area contributed by atoms with Gasteiger partial charge in [-0.1, -0.05) is 6.07 Å². The second kappa shape index (κ2) is 5.65. The van der Waals surface area contributed by atoms with Crippen molar-refractivity contribution in [2.75, 3.05) is 0 Å². The summed E-state index contributed by atoms with van der Waals surface area (Å²) >= 11 is 1.69. The zero-order valence-electron chi connectivity index (χ0n) is 10.2. The standard InChI is InChI=1S/C13H20N2OS/c1-9(12-3-2-8-17-12)15-13(16)10-4-6-11(14)7-5-10/h2-3,8-11H,4-7,14H2,1H3,(H,15,16)/t9-,10?,11?/m1/s1. The molecule has 1 fully saturated rings. The van der Waals surface area contributed by atoms with Gasteiger partial charge in [0.15, 0.2) is 0 Å². The number of amides is 1. The van der Waals surface area contributed by atoms with Gasteiger partial charge in [0.2, 0.25) is 5.91 Å². The van der Waals surface area contributed by atoms with Gasteiger partial charge in [0.05, 0.1) is 6.04 Å². The van der Waals surface area contributed by atoms with Crippen molar-refractivity contribution in [3.05, 3.63) is 22.4 Å². The SMILES string of the molecule is C[C@@H](NC(=O)C1CCC(N)CC1)c1cccs1. The Kier molecular flexibility index (Phi) is 4.18. The lowest BCUT2D eigenvalue weighted by Crippen LogP contribution is -2.37. The fourth-order valence-electron chi connectivity index (χ4n) is 2.32. The highest BCUT2D eigenvalue weighted by Gasteiger charge is 2.25. The third kappa shape index (κ3) is 3.30. The molecule has 2 rings (SSSR count). The molecule has 1 heterocycles. The Hall–Kier alpha value is -0.870. The van der Waals surface area contributed by atoms with E-state index in [4.69, 9.17) is 5.73 Å². The molecule has 1 aromatic heterocycles. The Balaban J connectivity index is 1.85. The molecule has 0 spiro atoms. The van der Waals surface area contributed by atoms with Crippen molar-refractivity contribution in [3.63, 3.8) is 0 Å². The zero-order valence-corrected chi connectivity index (χ0v) is 11.0. The first kappa shape index (κ1) is 12.6. The molecule has 1 saturated carbocycles. The number of rotatable bonds is 3. The maximum atomic E-state index is 12.1. The molecule has 17 heavy (non-hydrogen) atoms. The lowest BCUT2D eigenvalue weighted by molar-refractivity contribution is -0.126. The minimum Gasteiger partial charge on any atom is -0.349 e. The van der Waals surface area contributed by atoms with Gasteiger partial charge in [-0.25, -0.2) is 0 Å². The van der Waals surface area contributed by atoms with Crippen molar-refractivity contribution in [2.45, 2.75) is 44.7 Å². The first-order valence-electron chi connectivity index (χ1n) is 6.26. The fraction of sp³-hybridized carbons (Fsp3) is 0.615. The summed E-state index contributed by atoms with van der Waals surface area (Å²) in [6, 6.07) is 4.50. The third-order valence-electron chi connectivity index (χ3n) is 3.47. The predicted octanol–water partition coefficient (Wildman–Crippen LogP) is 2.44. The molecule has 4 heteroatoms. The van der Waals surface area contributed by atoms with Gasteiger partial charge in [0.1, 0.15) is 0 Å².